The number of likely N-dealkylation sites (tertiary alicyclic amines) is 1. The van der Waals surface area contributed by atoms with Crippen molar-refractivity contribution in [3.63, 3.8) is 0 Å². The maximum Gasteiger partial charge on any atom is 0.307 e. The zero-order valence-corrected chi connectivity index (χ0v) is 8.90. The van der Waals surface area contributed by atoms with Gasteiger partial charge in [0.15, 0.2) is 0 Å². The lowest BCUT2D eigenvalue weighted by Gasteiger charge is -2.15. The minimum absolute atomic E-state index is 0.221. The largest absolute Gasteiger partial charge is 0.481 e. The summed E-state index contributed by atoms with van der Waals surface area (Å²) in [7, 11) is 0. The summed E-state index contributed by atoms with van der Waals surface area (Å²) in [5, 5.41) is 8.85. The topological polar surface area (TPSA) is 40.5 Å². The number of rotatable bonds is 3. The second-order valence-corrected chi connectivity index (χ2v) is 4.15. The Labute approximate surface area is 93.5 Å². The molecule has 0 aromatic heterocycles. The lowest BCUT2D eigenvalue weighted by Crippen LogP contribution is -2.23. The fourth-order valence-corrected chi connectivity index (χ4v) is 2.05. The van der Waals surface area contributed by atoms with Gasteiger partial charge in [-0.1, -0.05) is 18.2 Å². The smallest absolute Gasteiger partial charge is 0.307 e. The first-order valence-corrected chi connectivity index (χ1v) is 5.35. The highest BCUT2D eigenvalue weighted by atomic mass is 19.1. The molecule has 1 aliphatic heterocycles. The van der Waals surface area contributed by atoms with Crippen LogP contribution in [0, 0.1) is 11.7 Å². The van der Waals surface area contributed by atoms with Crippen LogP contribution in [0.25, 0.3) is 0 Å². The molecule has 0 bridgehead atoms. The first kappa shape index (κ1) is 11.1. The molecule has 0 spiro atoms. The predicted octanol–water partition coefficient (Wildman–Crippen LogP) is 1.73. The van der Waals surface area contributed by atoms with E-state index < -0.39 is 5.97 Å². The fraction of sp³-hybridized carbons (Fsp3) is 0.417. The summed E-state index contributed by atoms with van der Waals surface area (Å²) in [5.41, 5.74) is 0.633. The molecular weight excluding hydrogens is 209 g/mol. The van der Waals surface area contributed by atoms with E-state index in [1.54, 1.807) is 18.2 Å². The maximum absolute atomic E-state index is 13.4. The highest BCUT2D eigenvalue weighted by Crippen LogP contribution is 2.19. The number of carboxylic acids is 1. The molecule has 1 atom stereocenters. The van der Waals surface area contributed by atoms with E-state index in [1.165, 1.54) is 6.07 Å². The lowest BCUT2D eigenvalue weighted by molar-refractivity contribution is -0.141. The first-order valence-electron chi connectivity index (χ1n) is 5.35. The molecule has 4 heteroatoms. The van der Waals surface area contributed by atoms with Crippen LogP contribution in [-0.2, 0) is 11.3 Å². The summed E-state index contributed by atoms with van der Waals surface area (Å²) in [6, 6.07) is 6.62. The number of halogens is 1. The van der Waals surface area contributed by atoms with Crippen molar-refractivity contribution in [2.24, 2.45) is 5.92 Å². The van der Waals surface area contributed by atoms with E-state index >= 15 is 0 Å². The summed E-state index contributed by atoms with van der Waals surface area (Å²) in [6.07, 6.45) is 0.657. The van der Waals surface area contributed by atoms with Crippen molar-refractivity contribution in [3.8, 4) is 0 Å². The number of benzene rings is 1. The average molecular weight is 223 g/mol. The van der Waals surface area contributed by atoms with Crippen molar-refractivity contribution in [2.75, 3.05) is 13.1 Å². The van der Waals surface area contributed by atoms with Crippen LogP contribution >= 0.6 is 0 Å². The average Bonchev–Trinajstić information content (AvgIpc) is 2.70. The van der Waals surface area contributed by atoms with Crippen molar-refractivity contribution in [1.29, 1.82) is 0 Å². The van der Waals surface area contributed by atoms with Gasteiger partial charge in [-0.05, 0) is 19.0 Å². The Hall–Kier alpha value is -1.42. The third kappa shape index (κ3) is 2.39. The second kappa shape index (κ2) is 4.61. The number of hydrogen-bond donors (Lipinski definition) is 1. The van der Waals surface area contributed by atoms with Gasteiger partial charge in [-0.3, -0.25) is 9.69 Å². The Bertz CT molecular complexity index is 394. The molecule has 1 heterocycles. The number of carboxylic acid groups (broad SMARTS) is 1. The van der Waals surface area contributed by atoms with Crippen molar-refractivity contribution >= 4 is 5.97 Å². The summed E-state index contributed by atoms with van der Waals surface area (Å²) < 4.78 is 13.4. The van der Waals surface area contributed by atoms with E-state index in [2.05, 4.69) is 0 Å². The Morgan fingerprint density at radius 2 is 2.25 bits per heavy atom. The molecule has 1 unspecified atom stereocenters. The molecule has 0 aliphatic carbocycles. The third-order valence-electron chi connectivity index (χ3n) is 2.97. The van der Waals surface area contributed by atoms with Crippen molar-refractivity contribution in [1.82, 2.24) is 4.90 Å². The van der Waals surface area contributed by atoms with Gasteiger partial charge in [-0.25, -0.2) is 4.39 Å². The monoisotopic (exact) mass is 223 g/mol. The molecule has 0 saturated carbocycles. The Morgan fingerprint density at radius 1 is 1.50 bits per heavy atom. The molecular formula is C12H14FNO2. The zero-order valence-electron chi connectivity index (χ0n) is 8.90. The zero-order chi connectivity index (χ0) is 11.5. The molecule has 1 saturated heterocycles. The van der Waals surface area contributed by atoms with Crippen LogP contribution in [0.5, 0.6) is 0 Å². The quantitative estimate of drug-likeness (QED) is 0.848. The lowest BCUT2D eigenvalue weighted by atomic mass is 10.1. The van der Waals surface area contributed by atoms with Crippen LogP contribution in [0.3, 0.4) is 0 Å². The molecule has 1 aliphatic rings. The van der Waals surface area contributed by atoms with Crippen LogP contribution < -0.4 is 0 Å². The molecule has 16 heavy (non-hydrogen) atoms. The fourth-order valence-electron chi connectivity index (χ4n) is 2.05. The van der Waals surface area contributed by atoms with Crippen LogP contribution in [0.2, 0.25) is 0 Å². The van der Waals surface area contributed by atoms with Gasteiger partial charge in [0, 0.05) is 18.7 Å². The molecule has 1 aromatic rings. The van der Waals surface area contributed by atoms with Gasteiger partial charge in [-0.2, -0.15) is 0 Å². The standard InChI is InChI=1S/C12H14FNO2/c13-11-4-2-1-3-9(11)7-14-6-5-10(8-14)12(15)16/h1-4,10H,5-8H2,(H,15,16). The summed E-state index contributed by atoms with van der Waals surface area (Å²) >= 11 is 0. The SMILES string of the molecule is O=C(O)C1CCN(Cc2ccccc2F)C1. The molecule has 1 aromatic carbocycles. The Balaban J connectivity index is 1.97. The van der Waals surface area contributed by atoms with Gasteiger partial charge in [0.1, 0.15) is 5.82 Å². The van der Waals surface area contributed by atoms with Gasteiger partial charge < -0.3 is 5.11 Å². The van der Waals surface area contributed by atoms with Crippen molar-refractivity contribution < 1.29 is 14.3 Å². The Morgan fingerprint density at radius 3 is 2.88 bits per heavy atom. The van der Waals surface area contributed by atoms with Crippen LogP contribution in [-0.4, -0.2) is 29.1 Å². The van der Waals surface area contributed by atoms with Gasteiger partial charge in [0.05, 0.1) is 5.92 Å². The summed E-state index contributed by atoms with van der Waals surface area (Å²) in [6.45, 7) is 1.74. The highest BCUT2D eigenvalue weighted by Gasteiger charge is 2.28. The number of hydrogen-bond acceptors (Lipinski definition) is 2. The molecule has 0 amide bonds. The van der Waals surface area contributed by atoms with Gasteiger partial charge in [0.2, 0.25) is 0 Å². The molecule has 2 rings (SSSR count). The van der Waals surface area contributed by atoms with E-state index in [0.29, 0.717) is 25.1 Å². The predicted molar refractivity (Wildman–Crippen MR) is 57.4 cm³/mol. The van der Waals surface area contributed by atoms with Gasteiger partial charge in [0.25, 0.3) is 0 Å². The van der Waals surface area contributed by atoms with E-state index in [0.717, 1.165) is 6.54 Å². The van der Waals surface area contributed by atoms with E-state index in [-0.39, 0.29) is 11.7 Å². The van der Waals surface area contributed by atoms with E-state index in [9.17, 15) is 9.18 Å². The van der Waals surface area contributed by atoms with Gasteiger partial charge >= 0.3 is 5.97 Å². The van der Waals surface area contributed by atoms with Gasteiger partial charge in [-0.15, -0.1) is 0 Å². The van der Waals surface area contributed by atoms with Crippen molar-refractivity contribution in [2.45, 2.75) is 13.0 Å². The number of carbonyl (C=O) groups is 1. The molecule has 1 N–H and O–H groups in total. The normalized spacial score (nSPS) is 21.2. The molecule has 3 nitrogen and oxygen atoms in total. The van der Waals surface area contributed by atoms with Crippen molar-refractivity contribution in [3.05, 3.63) is 35.6 Å². The summed E-state index contributed by atoms with van der Waals surface area (Å²) in [4.78, 5) is 12.7. The molecule has 0 radical (unpaired) electrons. The summed E-state index contributed by atoms with van der Waals surface area (Å²) in [5.74, 6) is -1.27. The number of aliphatic carboxylic acids is 1. The maximum atomic E-state index is 13.4. The van der Waals surface area contributed by atoms with Crippen LogP contribution in [0.1, 0.15) is 12.0 Å². The highest BCUT2D eigenvalue weighted by molar-refractivity contribution is 5.70. The van der Waals surface area contributed by atoms with Crippen LogP contribution in [0.4, 0.5) is 4.39 Å². The van der Waals surface area contributed by atoms with E-state index in [1.807, 2.05) is 4.90 Å². The Kier molecular flexibility index (Phi) is 3.19. The first-order chi connectivity index (χ1) is 7.66. The minimum atomic E-state index is -0.754. The molecule has 86 valence electrons. The van der Waals surface area contributed by atoms with E-state index in [4.69, 9.17) is 5.11 Å². The minimum Gasteiger partial charge on any atom is -0.481 e. The number of nitrogens with zero attached hydrogens (tertiary/aromatic N) is 1. The second-order valence-electron chi connectivity index (χ2n) is 4.15. The third-order valence-corrected chi connectivity index (χ3v) is 2.97. The molecule has 1 fully saturated rings. The van der Waals surface area contributed by atoms with Crippen LogP contribution in [0.15, 0.2) is 24.3 Å².